The molecular formula is C20H20N6O2. The molecule has 1 aromatic carbocycles. The summed E-state index contributed by atoms with van der Waals surface area (Å²) in [6.07, 6.45) is 5.45. The first-order valence-corrected chi connectivity index (χ1v) is 9.27. The molecule has 0 radical (unpaired) electrons. The molecule has 2 fully saturated rings. The number of likely N-dealkylation sites (tertiary alicyclic amines) is 2. The average molecular weight is 376 g/mol. The van der Waals surface area contributed by atoms with Crippen LogP contribution < -0.4 is 0 Å². The van der Waals surface area contributed by atoms with Crippen molar-refractivity contribution in [2.75, 3.05) is 26.7 Å². The third-order valence-corrected chi connectivity index (χ3v) is 5.64. The molecule has 0 bridgehead atoms. The predicted molar refractivity (Wildman–Crippen MR) is 100 cm³/mol. The molecule has 142 valence electrons. The third kappa shape index (κ3) is 2.86. The van der Waals surface area contributed by atoms with Crippen molar-refractivity contribution in [1.82, 2.24) is 30.0 Å². The Labute approximate surface area is 162 Å². The minimum Gasteiger partial charge on any atom is -0.419 e. The highest BCUT2D eigenvalue weighted by Crippen LogP contribution is 2.47. The molecule has 1 amide bonds. The molecule has 0 aliphatic carbocycles. The first-order valence-electron chi connectivity index (χ1n) is 9.27. The van der Waals surface area contributed by atoms with Gasteiger partial charge in [-0.15, -0.1) is 10.2 Å². The highest BCUT2D eigenvalue weighted by Gasteiger charge is 2.53. The topological polar surface area (TPSA) is 88.3 Å². The van der Waals surface area contributed by atoms with Gasteiger partial charge in [-0.3, -0.25) is 9.69 Å². The summed E-state index contributed by atoms with van der Waals surface area (Å²) in [5.41, 5.74) is 1.53. The summed E-state index contributed by atoms with van der Waals surface area (Å²) in [4.78, 5) is 24.5. The zero-order chi connectivity index (χ0) is 19.1. The molecule has 28 heavy (non-hydrogen) atoms. The molecule has 2 aromatic heterocycles. The van der Waals surface area contributed by atoms with Crippen molar-refractivity contribution in [3.8, 4) is 11.5 Å². The van der Waals surface area contributed by atoms with Gasteiger partial charge in [0.1, 0.15) is 6.33 Å². The standard InChI is InChI=1S/C20H20N6O2/c1-25-10-20(11-26(12-20)19(27)15-8-21-13-22-9-15)7-16(25)18-24-23-17(28-18)14-5-3-2-4-6-14/h2-6,8-9,13,16H,7,10-12H2,1H3/t16-/m0/s1. The molecular weight excluding hydrogens is 356 g/mol. The van der Waals surface area contributed by atoms with Gasteiger partial charge >= 0.3 is 0 Å². The van der Waals surface area contributed by atoms with Gasteiger partial charge < -0.3 is 9.32 Å². The lowest BCUT2D eigenvalue weighted by atomic mass is 9.77. The zero-order valence-electron chi connectivity index (χ0n) is 15.5. The van der Waals surface area contributed by atoms with E-state index in [1.165, 1.54) is 6.33 Å². The average Bonchev–Trinajstić information content (AvgIpc) is 3.32. The van der Waals surface area contributed by atoms with E-state index in [1.807, 2.05) is 35.2 Å². The van der Waals surface area contributed by atoms with Crippen LogP contribution in [-0.4, -0.2) is 62.6 Å². The monoisotopic (exact) mass is 376 g/mol. The molecule has 0 N–H and O–H groups in total. The molecule has 1 spiro atoms. The fourth-order valence-electron chi connectivity index (χ4n) is 4.34. The minimum absolute atomic E-state index is 0.0125. The van der Waals surface area contributed by atoms with Crippen LogP contribution in [0.4, 0.5) is 0 Å². The fourth-order valence-corrected chi connectivity index (χ4v) is 4.34. The maximum Gasteiger partial charge on any atom is 0.257 e. The number of carbonyl (C=O) groups is 1. The van der Waals surface area contributed by atoms with E-state index in [1.54, 1.807) is 12.4 Å². The van der Waals surface area contributed by atoms with E-state index in [4.69, 9.17) is 4.42 Å². The number of carbonyl (C=O) groups excluding carboxylic acids is 1. The normalized spacial score (nSPS) is 21.0. The highest BCUT2D eigenvalue weighted by atomic mass is 16.4. The van der Waals surface area contributed by atoms with Crippen molar-refractivity contribution >= 4 is 5.91 Å². The van der Waals surface area contributed by atoms with Crippen LogP contribution in [0.15, 0.2) is 53.5 Å². The molecule has 0 saturated carbocycles. The Morgan fingerprint density at radius 1 is 1.11 bits per heavy atom. The summed E-state index contributed by atoms with van der Waals surface area (Å²) in [5.74, 6) is 1.17. The Bertz CT molecular complexity index is 984. The Kier molecular flexibility index (Phi) is 3.94. The SMILES string of the molecule is CN1CC2(C[C@H]1c1nnc(-c3ccccc3)o1)CN(C(=O)c1cncnc1)C2. The predicted octanol–water partition coefficient (Wildman–Crippen LogP) is 2.05. The molecule has 1 atom stereocenters. The minimum atomic E-state index is -0.0125. The Morgan fingerprint density at radius 3 is 2.61 bits per heavy atom. The second-order valence-electron chi connectivity index (χ2n) is 7.73. The zero-order valence-corrected chi connectivity index (χ0v) is 15.5. The van der Waals surface area contributed by atoms with Gasteiger partial charge in [-0.1, -0.05) is 18.2 Å². The lowest BCUT2D eigenvalue weighted by Crippen LogP contribution is -2.59. The van der Waals surface area contributed by atoms with Gasteiger partial charge in [0.15, 0.2) is 0 Å². The molecule has 2 saturated heterocycles. The van der Waals surface area contributed by atoms with Crippen LogP contribution in [0.1, 0.15) is 28.7 Å². The lowest BCUT2D eigenvalue weighted by Gasteiger charge is -2.48. The Hall–Kier alpha value is -3.13. The smallest absolute Gasteiger partial charge is 0.257 e. The van der Waals surface area contributed by atoms with Crippen molar-refractivity contribution in [1.29, 1.82) is 0 Å². The number of amides is 1. The number of nitrogens with zero attached hydrogens (tertiary/aromatic N) is 6. The van der Waals surface area contributed by atoms with Gasteiger partial charge in [0, 0.05) is 43.0 Å². The van der Waals surface area contributed by atoms with Crippen molar-refractivity contribution in [2.45, 2.75) is 12.5 Å². The summed E-state index contributed by atoms with van der Waals surface area (Å²) >= 11 is 0. The van der Waals surface area contributed by atoms with Gasteiger partial charge in [-0.2, -0.15) is 0 Å². The van der Waals surface area contributed by atoms with E-state index in [0.717, 1.165) is 31.6 Å². The van der Waals surface area contributed by atoms with Gasteiger partial charge in [0.05, 0.1) is 11.6 Å². The van der Waals surface area contributed by atoms with Crippen LogP contribution in [0.2, 0.25) is 0 Å². The summed E-state index contributed by atoms with van der Waals surface area (Å²) in [5, 5.41) is 8.51. The first kappa shape index (κ1) is 17.0. The van der Waals surface area contributed by atoms with E-state index in [0.29, 0.717) is 17.3 Å². The Morgan fingerprint density at radius 2 is 1.86 bits per heavy atom. The molecule has 0 unspecified atom stereocenters. The van der Waals surface area contributed by atoms with Gasteiger partial charge in [-0.25, -0.2) is 9.97 Å². The fraction of sp³-hybridized carbons (Fsp3) is 0.350. The summed E-state index contributed by atoms with van der Waals surface area (Å²) < 4.78 is 5.97. The third-order valence-electron chi connectivity index (χ3n) is 5.64. The van der Waals surface area contributed by atoms with E-state index in [9.17, 15) is 4.79 Å². The molecule has 8 heteroatoms. The maximum atomic E-state index is 12.6. The molecule has 8 nitrogen and oxygen atoms in total. The van der Waals surface area contributed by atoms with Crippen molar-refractivity contribution in [3.05, 3.63) is 60.5 Å². The number of hydrogen-bond acceptors (Lipinski definition) is 7. The summed E-state index contributed by atoms with van der Waals surface area (Å²) in [6.45, 7) is 2.35. The molecule has 2 aliphatic rings. The first-order chi connectivity index (χ1) is 13.6. The number of benzene rings is 1. The van der Waals surface area contributed by atoms with Crippen LogP contribution in [0.5, 0.6) is 0 Å². The molecule has 4 heterocycles. The van der Waals surface area contributed by atoms with E-state index in [2.05, 4.69) is 32.1 Å². The Balaban J connectivity index is 1.28. The van der Waals surface area contributed by atoms with Gasteiger partial charge in [-0.05, 0) is 25.6 Å². The van der Waals surface area contributed by atoms with Crippen molar-refractivity contribution < 1.29 is 9.21 Å². The van der Waals surface area contributed by atoms with Crippen molar-refractivity contribution in [3.63, 3.8) is 0 Å². The molecule has 3 aromatic rings. The van der Waals surface area contributed by atoms with E-state index < -0.39 is 0 Å². The lowest BCUT2D eigenvalue weighted by molar-refractivity contribution is 0.0114. The van der Waals surface area contributed by atoms with Crippen molar-refractivity contribution in [2.24, 2.45) is 5.41 Å². The second-order valence-corrected chi connectivity index (χ2v) is 7.73. The van der Waals surface area contributed by atoms with Crippen LogP contribution in [0.3, 0.4) is 0 Å². The van der Waals surface area contributed by atoms with Crippen LogP contribution in [0, 0.1) is 5.41 Å². The maximum absolute atomic E-state index is 12.6. The molecule has 5 rings (SSSR count). The van der Waals surface area contributed by atoms with Gasteiger partial charge in [0.25, 0.3) is 5.91 Å². The van der Waals surface area contributed by atoms with E-state index in [-0.39, 0.29) is 17.4 Å². The number of aromatic nitrogens is 4. The second kappa shape index (κ2) is 6.49. The van der Waals surface area contributed by atoms with Crippen LogP contribution >= 0.6 is 0 Å². The van der Waals surface area contributed by atoms with Gasteiger partial charge in [0.2, 0.25) is 11.8 Å². The quantitative estimate of drug-likeness (QED) is 0.691. The van der Waals surface area contributed by atoms with Crippen LogP contribution in [-0.2, 0) is 0 Å². The largest absolute Gasteiger partial charge is 0.419 e. The summed E-state index contributed by atoms with van der Waals surface area (Å²) in [7, 11) is 2.07. The molecule has 2 aliphatic heterocycles. The highest BCUT2D eigenvalue weighted by molar-refractivity contribution is 5.94. The number of rotatable bonds is 3. The number of hydrogen-bond donors (Lipinski definition) is 0. The van der Waals surface area contributed by atoms with E-state index >= 15 is 0 Å². The summed E-state index contributed by atoms with van der Waals surface area (Å²) in [6, 6.07) is 9.85. The van der Waals surface area contributed by atoms with Crippen LogP contribution in [0.25, 0.3) is 11.5 Å².